The lowest BCUT2D eigenvalue weighted by molar-refractivity contribution is -0.139. The van der Waals surface area contributed by atoms with Crippen LogP contribution in [0.3, 0.4) is 0 Å². The van der Waals surface area contributed by atoms with Gasteiger partial charge in [0.05, 0.1) is 11.7 Å². The predicted molar refractivity (Wildman–Crippen MR) is 61.3 cm³/mol. The fourth-order valence-corrected chi connectivity index (χ4v) is 1.48. The number of hydrogen-bond acceptors (Lipinski definition) is 1. The van der Waals surface area contributed by atoms with E-state index in [1.165, 1.54) is 12.1 Å². The maximum Gasteiger partial charge on any atom is 0.419 e. The van der Waals surface area contributed by atoms with Crippen LogP contribution in [0.2, 0.25) is 0 Å². The summed E-state index contributed by atoms with van der Waals surface area (Å²) in [5.74, 6) is 0.0884. The first-order valence-corrected chi connectivity index (χ1v) is 5.59. The third-order valence-electron chi connectivity index (χ3n) is 2.34. The van der Waals surface area contributed by atoms with E-state index in [-0.39, 0.29) is 17.8 Å². The van der Waals surface area contributed by atoms with Gasteiger partial charge < -0.3 is 4.74 Å². The molecular formula is C13H17F3O. The second-order valence-corrected chi connectivity index (χ2v) is 4.57. The van der Waals surface area contributed by atoms with Crippen LogP contribution in [0.15, 0.2) is 18.2 Å². The first-order chi connectivity index (χ1) is 7.71. The molecule has 0 saturated carbocycles. The van der Waals surface area contributed by atoms with Crippen molar-refractivity contribution < 1.29 is 17.9 Å². The van der Waals surface area contributed by atoms with E-state index in [2.05, 4.69) is 0 Å². The number of halogens is 3. The number of alkyl halides is 3. The van der Waals surface area contributed by atoms with Crippen molar-refractivity contribution in [3.05, 3.63) is 29.3 Å². The smallest absolute Gasteiger partial charge is 0.419 e. The molecule has 4 heteroatoms. The maximum atomic E-state index is 12.8. The van der Waals surface area contributed by atoms with Gasteiger partial charge in [-0.3, -0.25) is 0 Å². The van der Waals surface area contributed by atoms with Gasteiger partial charge in [0.25, 0.3) is 0 Å². The molecule has 0 saturated heterocycles. The summed E-state index contributed by atoms with van der Waals surface area (Å²) in [6.45, 7) is 7.29. The van der Waals surface area contributed by atoms with Gasteiger partial charge in [-0.25, -0.2) is 0 Å². The van der Waals surface area contributed by atoms with Gasteiger partial charge in [-0.1, -0.05) is 19.9 Å². The van der Waals surface area contributed by atoms with Gasteiger partial charge in [-0.2, -0.15) is 13.2 Å². The highest BCUT2D eigenvalue weighted by molar-refractivity contribution is 5.40. The molecule has 1 nitrogen and oxygen atoms in total. The molecule has 0 aromatic heterocycles. The highest BCUT2D eigenvalue weighted by Crippen LogP contribution is 2.38. The first kappa shape index (κ1) is 13.9. The summed E-state index contributed by atoms with van der Waals surface area (Å²) in [6.07, 6.45) is -4.65. The number of rotatable bonds is 3. The monoisotopic (exact) mass is 246 g/mol. The lowest BCUT2D eigenvalue weighted by atomic mass is 10.0. The van der Waals surface area contributed by atoms with E-state index in [1.807, 2.05) is 13.8 Å². The van der Waals surface area contributed by atoms with Gasteiger partial charge in [0.15, 0.2) is 0 Å². The lowest BCUT2D eigenvalue weighted by Crippen LogP contribution is -2.13. The minimum atomic E-state index is -4.38. The highest BCUT2D eigenvalue weighted by Gasteiger charge is 2.34. The second-order valence-electron chi connectivity index (χ2n) is 4.57. The van der Waals surface area contributed by atoms with E-state index in [9.17, 15) is 13.2 Å². The molecule has 0 atom stereocenters. The van der Waals surface area contributed by atoms with Crippen LogP contribution >= 0.6 is 0 Å². The van der Waals surface area contributed by atoms with Gasteiger partial charge in [-0.05, 0) is 37.5 Å². The molecule has 0 bridgehead atoms. The van der Waals surface area contributed by atoms with Crippen LogP contribution in [0.5, 0.6) is 5.75 Å². The van der Waals surface area contributed by atoms with Crippen molar-refractivity contribution >= 4 is 0 Å². The van der Waals surface area contributed by atoms with Gasteiger partial charge in [-0.15, -0.1) is 0 Å². The molecule has 1 rings (SSSR count). The Morgan fingerprint density at radius 2 is 1.65 bits per heavy atom. The molecule has 0 unspecified atom stereocenters. The average molecular weight is 246 g/mol. The van der Waals surface area contributed by atoms with Crippen molar-refractivity contribution in [2.45, 2.75) is 45.9 Å². The van der Waals surface area contributed by atoms with Crippen molar-refractivity contribution in [1.82, 2.24) is 0 Å². The van der Waals surface area contributed by atoms with Crippen LogP contribution in [0.25, 0.3) is 0 Å². The van der Waals surface area contributed by atoms with Crippen molar-refractivity contribution in [3.8, 4) is 5.75 Å². The predicted octanol–water partition coefficient (Wildman–Crippen LogP) is 4.62. The maximum absolute atomic E-state index is 12.8. The minimum absolute atomic E-state index is 0.0845. The van der Waals surface area contributed by atoms with Crippen LogP contribution in [-0.4, -0.2) is 6.10 Å². The molecule has 0 radical (unpaired) electrons. The summed E-state index contributed by atoms with van der Waals surface area (Å²) >= 11 is 0. The van der Waals surface area contributed by atoms with Gasteiger partial charge >= 0.3 is 6.18 Å². The zero-order chi connectivity index (χ0) is 13.2. The van der Waals surface area contributed by atoms with Crippen molar-refractivity contribution in [2.75, 3.05) is 0 Å². The Bertz CT molecular complexity index is 381. The van der Waals surface area contributed by atoms with Crippen molar-refractivity contribution in [1.29, 1.82) is 0 Å². The van der Waals surface area contributed by atoms with E-state index >= 15 is 0 Å². The Hall–Kier alpha value is -1.19. The van der Waals surface area contributed by atoms with Gasteiger partial charge in [0.2, 0.25) is 0 Å². The molecule has 96 valence electrons. The Kier molecular flexibility index (Phi) is 4.07. The zero-order valence-corrected chi connectivity index (χ0v) is 10.4. The van der Waals surface area contributed by atoms with E-state index in [0.29, 0.717) is 0 Å². The molecule has 17 heavy (non-hydrogen) atoms. The third-order valence-corrected chi connectivity index (χ3v) is 2.34. The Morgan fingerprint density at radius 3 is 2.06 bits per heavy atom. The summed E-state index contributed by atoms with van der Waals surface area (Å²) in [5.41, 5.74) is 0.129. The summed E-state index contributed by atoms with van der Waals surface area (Å²) < 4.78 is 43.5. The standard InChI is InChI=1S/C13H17F3O/c1-8(2)10-5-6-11(13(14,15)16)12(7-10)17-9(3)4/h5-9H,1-4H3. The molecule has 1 aromatic carbocycles. The molecule has 0 N–H and O–H groups in total. The number of hydrogen-bond donors (Lipinski definition) is 0. The van der Waals surface area contributed by atoms with Crippen LogP contribution in [0.1, 0.15) is 44.7 Å². The van der Waals surface area contributed by atoms with E-state index in [1.54, 1.807) is 13.8 Å². The van der Waals surface area contributed by atoms with E-state index in [4.69, 9.17) is 4.74 Å². The Labute approximate surface area is 99.6 Å². The van der Waals surface area contributed by atoms with Crippen LogP contribution in [0.4, 0.5) is 13.2 Å². The number of ether oxygens (including phenoxy) is 1. The third kappa shape index (κ3) is 3.65. The number of benzene rings is 1. The zero-order valence-electron chi connectivity index (χ0n) is 10.4. The summed E-state index contributed by atoms with van der Waals surface area (Å²) in [6, 6.07) is 4.07. The van der Waals surface area contributed by atoms with Crippen molar-refractivity contribution in [3.63, 3.8) is 0 Å². The summed E-state index contributed by atoms with van der Waals surface area (Å²) in [5, 5.41) is 0. The molecule has 0 aliphatic heterocycles. The second kappa shape index (κ2) is 4.98. The van der Waals surface area contributed by atoms with Crippen LogP contribution < -0.4 is 4.74 Å². The highest BCUT2D eigenvalue weighted by atomic mass is 19.4. The molecular weight excluding hydrogens is 229 g/mol. The fourth-order valence-electron chi connectivity index (χ4n) is 1.48. The topological polar surface area (TPSA) is 9.23 Å². The molecule has 0 aliphatic carbocycles. The molecule has 0 spiro atoms. The molecule has 0 amide bonds. The largest absolute Gasteiger partial charge is 0.490 e. The Morgan fingerprint density at radius 1 is 1.06 bits per heavy atom. The van der Waals surface area contributed by atoms with E-state index in [0.717, 1.165) is 11.6 Å². The fraction of sp³-hybridized carbons (Fsp3) is 0.538. The van der Waals surface area contributed by atoms with Crippen LogP contribution in [-0.2, 0) is 6.18 Å². The van der Waals surface area contributed by atoms with Crippen LogP contribution in [0, 0.1) is 0 Å². The SMILES string of the molecule is CC(C)Oc1cc(C(C)C)ccc1C(F)(F)F. The lowest BCUT2D eigenvalue weighted by Gasteiger charge is -2.18. The Balaban J connectivity index is 3.22. The molecule has 0 heterocycles. The average Bonchev–Trinajstić information content (AvgIpc) is 2.14. The molecule has 0 aliphatic rings. The van der Waals surface area contributed by atoms with E-state index < -0.39 is 11.7 Å². The molecule has 1 aromatic rings. The summed E-state index contributed by atoms with van der Waals surface area (Å²) in [4.78, 5) is 0. The quantitative estimate of drug-likeness (QED) is 0.756. The van der Waals surface area contributed by atoms with Crippen molar-refractivity contribution in [2.24, 2.45) is 0 Å². The van der Waals surface area contributed by atoms with Gasteiger partial charge in [0, 0.05) is 0 Å². The van der Waals surface area contributed by atoms with Gasteiger partial charge in [0.1, 0.15) is 5.75 Å². The first-order valence-electron chi connectivity index (χ1n) is 5.59. The molecule has 0 fully saturated rings. The summed E-state index contributed by atoms with van der Waals surface area (Å²) in [7, 11) is 0. The minimum Gasteiger partial charge on any atom is -0.490 e. The normalized spacial score (nSPS) is 12.3.